The number of amides is 2. The molecule has 1 fully saturated rings. The molecular weight excluding hydrogens is 282 g/mol. The van der Waals surface area contributed by atoms with Gasteiger partial charge in [-0.1, -0.05) is 11.8 Å². The molecule has 1 aromatic heterocycles. The van der Waals surface area contributed by atoms with Crippen molar-refractivity contribution in [2.45, 2.75) is 31.0 Å². The zero-order valence-electron chi connectivity index (χ0n) is 11.2. The molecule has 0 saturated carbocycles. The minimum Gasteiger partial charge on any atom is -0.481 e. The van der Waals surface area contributed by atoms with E-state index in [-0.39, 0.29) is 17.6 Å². The predicted molar refractivity (Wildman–Crippen MR) is 71.4 cm³/mol. The number of carboxylic acids is 1. The van der Waals surface area contributed by atoms with E-state index < -0.39 is 12.0 Å². The molecule has 20 heavy (non-hydrogen) atoms. The van der Waals surface area contributed by atoms with Crippen molar-refractivity contribution in [3.8, 4) is 0 Å². The molecular formula is C12H15N3O4S. The van der Waals surface area contributed by atoms with Crippen LogP contribution in [-0.2, 0) is 14.4 Å². The Bertz CT molecular complexity index is 569. The number of likely N-dealkylation sites (tertiary alicyclic amines) is 1. The summed E-state index contributed by atoms with van der Waals surface area (Å²) in [6, 6.07) is -0.491. The number of aliphatic carboxylic acids is 1. The van der Waals surface area contributed by atoms with Crippen molar-refractivity contribution >= 4 is 29.5 Å². The van der Waals surface area contributed by atoms with E-state index in [1.54, 1.807) is 17.7 Å². The predicted octanol–water partition coefficient (Wildman–Crippen LogP) is 0.688. The topological polar surface area (TPSA) is 92.5 Å². The van der Waals surface area contributed by atoms with Gasteiger partial charge in [-0.25, -0.2) is 4.98 Å². The highest BCUT2D eigenvalue weighted by Crippen LogP contribution is 2.28. The molecule has 1 atom stereocenters. The molecule has 1 aliphatic rings. The number of hydrogen-bond acceptors (Lipinski definition) is 5. The molecule has 108 valence electrons. The van der Waals surface area contributed by atoms with Crippen molar-refractivity contribution in [3.05, 3.63) is 11.9 Å². The van der Waals surface area contributed by atoms with E-state index >= 15 is 0 Å². The van der Waals surface area contributed by atoms with Crippen LogP contribution in [0.4, 0.5) is 0 Å². The van der Waals surface area contributed by atoms with Gasteiger partial charge in [-0.3, -0.25) is 19.3 Å². The van der Waals surface area contributed by atoms with Gasteiger partial charge in [0.25, 0.3) is 5.91 Å². The zero-order valence-corrected chi connectivity index (χ0v) is 12.0. The Labute approximate surface area is 120 Å². The lowest BCUT2D eigenvalue weighted by atomic mass is 10.0. The molecule has 0 spiro atoms. The van der Waals surface area contributed by atoms with Gasteiger partial charge in [0.15, 0.2) is 5.16 Å². The summed E-state index contributed by atoms with van der Waals surface area (Å²) < 4.78 is 1.67. The number of likely N-dealkylation sites (N-methyl/N-ethyl adjacent to an activating group) is 1. The average molecular weight is 297 g/mol. The van der Waals surface area contributed by atoms with Crippen LogP contribution in [0.2, 0.25) is 0 Å². The largest absolute Gasteiger partial charge is 0.481 e. The Balaban J connectivity index is 2.25. The molecule has 2 amide bonds. The summed E-state index contributed by atoms with van der Waals surface area (Å²) in [7, 11) is 1.46. The van der Waals surface area contributed by atoms with Crippen LogP contribution < -0.4 is 0 Å². The summed E-state index contributed by atoms with van der Waals surface area (Å²) in [5, 5.41) is 9.23. The number of carbonyl (C=O) groups excluding carboxylic acids is 2. The third-order valence-electron chi connectivity index (χ3n) is 3.10. The first kappa shape index (κ1) is 14.6. The number of piperidine rings is 1. The monoisotopic (exact) mass is 297 g/mol. The number of aromatic nitrogens is 2. The number of nitrogens with zero attached hydrogens (tertiary/aromatic N) is 3. The number of imide groups is 1. The van der Waals surface area contributed by atoms with E-state index in [9.17, 15) is 14.4 Å². The Kier molecular flexibility index (Phi) is 4.12. The van der Waals surface area contributed by atoms with Crippen molar-refractivity contribution in [1.82, 2.24) is 14.5 Å². The Hall–Kier alpha value is -1.83. The van der Waals surface area contributed by atoms with Gasteiger partial charge < -0.3 is 9.67 Å². The molecule has 0 bridgehead atoms. The highest BCUT2D eigenvalue weighted by Gasteiger charge is 2.34. The SMILES string of the molecule is Cc1cn(C2CCC(=O)N(C)C2=O)c(SCC(=O)O)n1. The third-order valence-corrected chi connectivity index (χ3v) is 4.05. The molecule has 0 aromatic carbocycles. The van der Waals surface area contributed by atoms with E-state index in [2.05, 4.69) is 4.98 Å². The summed E-state index contributed by atoms with van der Waals surface area (Å²) in [6.45, 7) is 1.78. The summed E-state index contributed by atoms with van der Waals surface area (Å²) >= 11 is 1.07. The minimum atomic E-state index is -0.940. The Morgan fingerprint density at radius 2 is 2.25 bits per heavy atom. The van der Waals surface area contributed by atoms with Gasteiger partial charge in [0, 0.05) is 19.7 Å². The third kappa shape index (κ3) is 2.84. The molecule has 1 aliphatic heterocycles. The molecule has 1 aromatic rings. The van der Waals surface area contributed by atoms with Crippen LogP contribution >= 0.6 is 11.8 Å². The molecule has 7 nitrogen and oxygen atoms in total. The number of imidazole rings is 1. The van der Waals surface area contributed by atoms with Crippen LogP contribution in [0.15, 0.2) is 11.4 Å². The van der Waals surface area contributed by atoms with Crippen LogP contribution in [0.1, 0.15) is 24.6 Å². The molecule has 8 heteroatoms. The lowest BCUT2D eigenvalue weighted by Gasteiger charge is -2.29. The number of carboxylic acid groups (broad SMARTS) is 1. The van der Waals surface area contributed by atoms with Gasteiger partial charge >= 0.3 is 5.97 Å². The van der Waals surface area contributed by atoms with Crippen molar-refractivity contribution < 1.29 is 19.5 Å². The van der Waals surface area contributed by atoms with Gasteiger partial charge in [0.2, 0.25) is 5.91 Å². The number of thioether (sulfide) groups is 1. The molecule has 1 unspecified atom stereocenters. The fraction of sp³-hybridized carbons (Fsp3) is 0.500. The van der Waals surface area contributed by atoms with E-state index in [1.165, 1.54) is 7.05 Å². The van der Waals surface area contributed by atoms with Crippen LogP contribution in [0, 0.1) is 6.92 Å². The lowest BCUT2D eigenvalue weighted by Crippen LogP contribution is -2.43. The summed E-state index contributed by atoms with van der Waals surface area (Å²) in [4.78, 5) is 39.7. The van der Waals surface area contributed by atoms with Gasteiger partial charge in [0.05, 0.1) is 11.4 Å². The fourth-order valence-electron chi connectivity index (χ4n) is 2.11. The maximum absolute atomic E-state index is 12.2. The van der Waals surface area contributed by atoms with Gasteiger partial charge in [-0.2, -0.15) is 0 Å². The lowest BCUT2D eigenvalue weighted by molar-refractivity contribution is -0.149. The van der Waals surface area contributed by atoms with Crippen LogP contribution in [-0.4, -0.2) is 50.1 Å². The summed E-state index contributed by atoms with van der Waals surface area (Å²) in [5.41, 5.74) is 0.713. The number of hydrogen-bond donors (Lipinski definition) is 1. The minimum absolute atomic E-state index is 0.119. The molecule has 1 N–H and O–H groups in total. The highest BCUT2D eigenvalue weighted by atomic mass is 32.2. The maximum atomic E-state index is 12.2. The van der Waals surface area contributed by atoms with Crippen molar-refractivity contribution in [3.63, 3.8) is 0 Å². The van der Waals surface area contributed by atoms with Crippen molar-refractivity contribution in [2.75, 3.05) is 12.8 Å². The molecule has 2 heterocycles. The second kappa shape index (κ2) is 5.66. The summed E-state index contributed by atoms with van der Waals surface area (Å²) in [5.74, 6) is -1.53. The van der Waals surface area contributed by atoms with Crippen LogP contribution in [0.25, 0.3) is 0 Å². The Morgan fingerprint density at radius 3 is 2.90 bits per heavy atom. The normalized spacial score (nSPS) is 19.5. The molecule has 2 rings (SSSR count). The summed E-state index contributed by atoms with van der Waals surface area (Å²) in [6.07, 6.45) is 2.43. The van der Waals surface area contributed by atoms with E-state index in [0.717, 1.165) is 16.7 Å². The number of aryl methyl sites for hydroxylation is 1. The van der Waals surface area contributed by atoms with Gasteiger partial charge in [0.1, 0.15) is 6.04 Å². The molecule has 1 saturated heterocycles. The standard InChI is InChI=1S/C12H15N3O4S/c1-7-5-15(12(13-7)20-6-10(17)18)8-3-4-9(16)14(2)11(8)19/h5,8H,3-4,6H2,1-2H3,(H,17,18). The first-order valence-corrected chi connectivity index (χ1v) is 7.09. The smallest absolute Gasteiger partial charge is 0.313 e. The zero-order chi connectivity index (χ0) is 14.9. The van der Waals surface area contributed by atoms with E-state index in [1.807, 2.05) is 0 Å². The number of carbonyl (C=O) groups is 3. The fourth-order valence-corrected chi connectivity index (χ4v) is 2.90. The molecule has 0 radical (unpaired) electrons. The second-order valence-electron chi connectivity index (χ2n) is 4.60. The highest BCUT2D eigenvalue weighted by molar-refractivity contribution is 7.99. The van der Waals surface area contributed by atoms with E-state index in [0.29, 0.717) is 23.7 Å². The number of rotatable bonds is 4. The van der Waals surface area contributed by atoms with Gasteiger partial charge in [-0.05, 0) is 13.3 Å². The Morgan fingerprint density at radius 1 is 1.55 bits per heavy atom. The van der Waals surface area contributed by atoms with Crippen molar-refractivity contribution in [1.29, 1.82) is 0 Å². The van der Waals surface area contributed by atoms with Crippen molar-refractivity contribution in [2.24, 2.45) is 0 Å². The molecule has 0 aliphatic carbocycles. The van der Waals surface area contributed by atoms with Gasteiger partial charge in [-0.15, -0.1) is 0 Å². The average Bonchev–Trinajstić information content (AvgIpc) is 2.75. The first-order valence-electron chi connectivity index (χ1n) is 6.10. The first-order chi connectivity index (χ1) is 9.40. The van der Waals surface area contributed by atoms with E-state index in [4.69, 9.17) is 5.11 Å². The maximum Gasteiger partial charge on any atom is 0.313 e. The van der Waals surface area contributed by atoms with Crippen LogP contribution in [0.5, 0.6) is 0 Å². The quantitative estimate of drug-likeness (QED) is 0.649. The van der Waals surface area contributed by atoms with Crippen LogP contribution in [0.3, 0.4) is 0 Å². The second-order valence-corrected chi connectivity index (χ2v) is 5.54.